The largest absolute Gasteiger partial charge is 0.355 e. The zero-order valence-corrected chi connectivity index (χ0v) is 16.4. The van der Waals surface area contributed by atoms with Crippen molar-refractivity contribution in [2.45, 2.75) is 30.4 Å². The lowest BCUT2D eigenvalue weighted by Gasteiger charge is -2.30. The number of thiazole rings is 1. The second-order valence-corrected chi connectivity index (χ2v) is 10.3. The maximum atomic E-state index is 12.5. The second kappa shape index (κ2) is 7.94. The van der Waals surface area contributed by atoms with E-state index in [4.69, 9.17) is 0 Å². The van der Waals surface area contributed by atoms with Gasteiger partial charge in [-0.05, 0) is 37.1 Å². The summed E-state index contributed by atoms with van der Waals surface area (Å²) in [5, 5.41) is 7.59. The third kappa shape index (κ3) is 4.66. The van der Waals surface area contributed by atoms with Crippen molar-refractivity contribution in [3.63, 3.8) is 0 Å². The second-order valence-electron chi connectivity index (χ2n) is 6.12. The summed E-state index contributed by atoms with van der Waals surface area (Å²) in [5.74, 6) is 0.287. The van der Waals surface area contributed by atoms with Crippen LogP contribution in [0.25, 0.3) is 0 Å². The van der Waals surface area contributed by atoms with Crippen LogP contribution < -0.4 is 5.32 Å². The first-order chi connectivity index (χ1) is 11.9. The van der Waals surface area contributed by atoms with Crippen LogP contribution >= 0.6 is 22.7 Å². The fourth-order valence-corrected chi connectivity index (χ4v) is 6.09. The molecule has 1 aliphatic heterocycles. The van der Waals surface area contributed by atoms with Gasteiger partial charge in [-0.25, -0.2) is 13.4 Å². The summed E-state index contributed by atoms with van der Waals surface area (Å²) in [5.41, 5.74) is 0.803. The molecule has 0 unspecified atom stereocenters. The van der Waals surface area contributed by atoms with Gasteiger partial charge in [-0.2, -0.15) is 4.31 Å². The molecule has 1 amide bonds. The zero-order valence-electron chi connectivity index (χ0n) is 14.0. The number of nitrogens with zero attached hydrogens (tertiary/aromatic N) is 2. The third-order valence-corrected chi connectivity index (χ3v) is 8.35. The van der Waals surface area contributed by atoms with Crippen molar-refractivity contribution >= 4 is 38.6 Å². The molecule has 3 rings (SSSR count). The van der Waals surface area contributed by atoms with Crippen molar-refractivity contribution in [1.82, 2.24) is 14.6 Å². The fraction of sp³-hybridized carbons (Fsp3) is 0.500. The standard InChI is InChI=1S/C16H21N3O3S3/c1-12-18-14(11-24-12)9-15(20)17-10-13-4-6-19(7-5-13)25(21,22)16-3-2-8-23-16/h2-3,8,11,13H,4-7,9-10H2,1H3,(H,17,20). The molecule has 2 aromatic rings. The van der Waals surface area contributed by atoms with E-state index in [1.807, 2.05) is 12.3 Å². The van der Waals surface area contributed by atoms with Crippen molar-refractivity contribution in [3.8, 4) is 0 Å². The molecule has 9 heteroatoms. The molecule has 3 heterocycles. The minimum atomic E-state index is -3.35. The summed E-state index contributed by atoms with van der Waals surface area (Å²) in [6.07, 6.45) is 1.83. The van der Waals surface area contributed by atoms with Gasteiger partial charge in [0.05, 0.1) is 17.1 Å². The van der Waals surface area contributed by atoms with Crippen molar-refractivity contribution in [2.24, 2.45) is 5.92 Å². The van der Waals surface area contributed by atoms with Gasteiger partial charge in [0.1, 0.15) is 4.21 Å². The minimum absolute atomic E-state index is 0.0288. The minimum Gasteiger partial charge on any atom is -0.355 e. The number of rotatable bonds is 6. The molecule has 1 fully saturated rings. The maximum absolute atomic E-state index is 12.5. The van der Waals surface area contributed by atoms with Crippen LogP contribution in [0.2, 0.25) is 0 Å². The van der Waals surface area contributed by atoms with E-state index >= 15 is 0 Å². The Balaban J connectivity index is 1.44. The smallest absolute Gasteiger partial charge is 0.252 e. The van der Waals surface area contributed by atoms with E-state index in [0.29, 0.717) is 36.2 Å². The number of aromatic nitrogens is 1. The molecule has 25 heavy (non-hydrogen) atoms. The van der Waals surface area contributed by atoms with Crippen LogP contribution in [0, 0.1) is 12.8 Å². The van der Waals surface area contributed by atoms with Crippen LogP contribution in [0.3, 0.4) is 0 Å². The highest BCUT2D eigenvalue weighted by molar-refractivity contribution is 7.91. The molecule has 136 valence electrons. The Bertz CT molecular complexity index is 807. The monoisotopic (exact) mass is 399 g/mol. The SMILES string of the molecule is Cc1nc(CC(=O)NCC2CCN(S(=O)(=O)c3cccs3)CC2)cs1. The normalized spacial score (nSPS) is 16.8. The first kappa shape index (κ1) is 18.5. The van der Waals surface area contributed by atoms with Gasteiger partial charge >= 0.3 is 0 Å². The lowest BCUT2D eigenvalue weighted by molar-refractivity contribution is -0.120. The van der Waals surface area contributed by atoms with E-state index in [-0.39, 0.29) is 5.91 Å². The average molecular weight is 400 g/mol. The molecule has 0 atom stereocenters. The van der Waals surface area contributed by atoms with Gasteiger partial charge in [0.2, 0.25) is 5.91 Å². The number of sulfonamides is 1. The first-order valence-electron chi connectivity index (χ1n) is 8.16. The molecule has 1 aliphatic rings. The van der Waals surface area contributed by atoms with Crippen LogP contribution in [0.15, 0.2) is 27.1 Å². The Morgan fingerprint density at radius 1 is 1.36 bits per heavy atom. The summed E-state index contributed by atoms with van der Waals surface area (Å²) in [7, 11) is -3.35. The highest BCUT2D eigenvalue weighted by Crippen LogP contribution is 2.26. The predicted octanol–water partition coefficient (Wildman–Crippen LogP) is 2.27. The number of hydrogen-bond donors (Lipinski definition) is 1. The van der Waals surface area contributed by atoms with Gasteiger partial charge in [-0.15, -0.1) is 22.7 Å². The summed E-state index contributed by atoms with van der Waals surface area (Å²) >= 11 is 2.79. The van der Waals surface area contributed by atoms with Gasteiger partial charge in [0, 0.05) is 25.0 Å². The van der Waals surface area contributed by atoms with Crippen molar-refractivity contribution < 1.29 is 13.2 Å². The number of amides is 1. The number of piperidine rings is 1. The fourth-order valence-electron chi connectivity index (χ4n) is 2.87. The molecular formula is C16H21N3O3S3. The Labute approximate surface area is 155 Å². The molecule has 6 nitrogen and oxygen atoms in total. The van der Waals surface area contributed by atoms with Crippen molar-refractivity contribution in [2.75, 3.05) is 19.6 Å². The van der Waals surface area contributed by atoms with Gasteiger partial charge in [0.15, 0.2) is 0 Å². The van der Waals surface area contributed by atoms with E-state index in [2.05, 4.69) is 10.3 Å². The van der Waals surface area contributed by atoms with E-state index in [9.17, 15) is 13.2 Å². The predicted molar refractivity (Wildman–Crippen MR) is 99.4 cm³/mol. The molecule has 0 aliphatic carbocycles. The van der Waals surface area contributed by atoms with Crippen LogP contribution in [-0.4, -0.2) is 43.2 Å². The average Bonchev–Trinajstić information content (AvgIpc) is 3.26. The summed E-state index contributed by atoms with van der Waals surface area (Å²) < 4.78 is 26.9. The number of carbonyl (C=O) groups is 1. The van der Waals surface area contributed by atoms with Crippen LogP contribution in [0.4, 0.5) is 0 Å². The maximum Gasteiger partial charge on any atom is 0.252 e. The molecule has 0 radical (unpaired) electrons. The van der Waals surface area contributed by atoms with E-state index in [0.717, 1.165) is 23.5 Å². The summed E-state index contributed by atoms with van der Waals surface area (Å²) in [6.45, 7) is 3.52. The Morgan fingerprint density at radius 3 is 2.72 bits per heavy atom. The van der Waals surface area contributed by atoms with Gasteiger partial charge < -0.3 is 5.32 Å². The Morgan fingerprint density at radius 2 is 2.12 bits per heavy atom. The molecule has 1 N–H and O–H groups in total. The van der Waals surface area contributed by atoms with Crippen molar-refractivity contribution in [1.29, 1.82) is 0 Å². The van der Waals surface area contributed by atoms with Gasteiger partial charge in [-0.3, -0.25) is 4.79 Å². The van der Waals surface area contributed by atoms with E-state index in [1.54, 1.807) is 33.2 Å². The first-order valence-corrected chi connectivity index (χ1v) is 11.4. The highest BCUT2D eigenvalue weighted by Gasteiger charge is 2.30. The van der Waals surface area contributed by atoms with Crippen LogP contribution in [0.1, 0.15) is 23.5 Å². The lowest BCUT2D eigenvalue weighted by Crippen LogP contribution is -2.41. The highest BCUT2D eigenvalue weighted by atomic mass is 32.2. The Hall–Kier alpha value is -1.29. The number of nitrogens with one attached hydrogen (secondary N) is 1. The van der Waals surface area contributed by atoms with Gasteiger partial charge in [-0.1, -0.05) is 6.07 Å². The number of thiophene rings is 1. The van der Waals surface area contributed by atoms with E-state index in [1.165, 1.54) is 11.3 Å². The lowest BCUT2D eigenvalue weighted by atomic mass is 9.98. The summed E-state index contributed by atoms with van der Waals surface area (Å²) in [4.78, 5) is 16.3. The molecule has 0 spiro atoms. The van der Waals surface area contributed by atoms with Crippen molar-refractivity contribution in [3.05, 3.63) is 33.6 Å². The Kier molecular flexibility index (Phi) is 5.88. The quantitative estimate of drug-likeness (QED) is 0.808. The zero-order chi connectivity index (χ0) is 17.9. The summed E-state index contributed by atoms with van der Waals surface area (Å²) in [6, 6.07) is 3.40. The molecule has 0 saturated carbocycles. The number of aryl methyl sites for hydroxylation is 1. The number of carbonyl (C=O) groups excluding carboxylic acids is 1. The molecule has 2 aromatic heterocycles. The molecule has 1 saturated heterocycles. The topological polar surface area (TPSA) is 79.4 Å². The third-order valence-electron chi connectivity index (χ3n) is 4.26. The van der Waals surface area contributed by atoms with Crippen LogP contribution in [0.5, 0.6) is 0 Å². The van der Waals surface area contributed by atoms with Crippen LogP contribution in [-0.2, 0) is 21.2 Å². The molecule has 0 bridgehead atoms. The van der Waals surface area contributed by atoms with Gasteiger partial charge in [0.25, 0.3) is 10.0 Å². The van der Waals surface area contributed by atoms with E-state index < -0.39 is 10.0 Å². The number of hydrogen-bond acceptors (Lipinski definition) is 6. The molecular weight excluding hydrogens is 378 g/mol. The molecule has 0 aromatic carbocycles.